The predicted molar refractivity (Wildman–Crippen MR) is 74.2 cm³/mol. The molecule has 1 saturated heterocycles. The molecule has 0 unspecified atom stereocenters. The summed E-state index contributed by atoms with van der Waals surface area (Å²) in [4.78, 5) is 2.29. The molecule has 5 heteroatoms. The molecule has 1 aliphatic rings. The Hall–Kier alpha value is -0.810. The van der Waals surface area contributed by atoms with Crippen LogP contribution in [0.5, 0.6) is 5.75 Å². The van der Waals surface area contributed by atoms with E-state index >= 15 is 0 Å². The minimum atomic E-state index is -0.0934. The summed E-state index contributed by atoms with van der Waals surface area (Å²) in [6.45, 7) is 2.91. The van der Waals surface area contributed by atoms with E-state index in [2.05, 4.69) is 4.90 Å². The van der Waals surface area contributed by atoms with Crippen molar-refractivity contribution in [3.63, 3.8) is 0 Å². The van der Waals surface area contributed by atoms with E-state index in [9.17, 15) is 0 Å². The van der Waals surface area contributed by atoms with E-state index in [4.69, 9.17) is 15.6 Å². The summed E-state index contributed by atoms with van der Waals surface area (Å²) in [7, 11) is 0. The maximum atomic E-state index is 8.82. The van der Waals surface area contributed by atoms with E-state index in [0.717, 1.165) is 31.8 Å². The van der Waals surface area contributed by atoms with Crippen molar-refractivity contribution in [2.24, 2.45) is 5.73 Å². The monoisotopic (exact) mass is 272 g/mol. The summed E-state index contributed by atoms with van der Waals surface area (Å²) in [6.07, 6.45) is 1.14. The van der Waals surface area contributed by atoms with Crippen molar-refractivity contribution in [2.45, 2.75) is 18.6 Å². The number of nitrogens with two attached hydrogens (primary N) is 1. The lowest BCUT2D eigenvalue weighted by molar-refractivity contribution is 0.0174. The van der Waals surface area contributed by atoms with Crippen LogP contribution in [0.2, 0.25) is 0 Å². The van der Waals surface area contributed by atoms with Gasteiger partial charge in [0.15, 0.2) is 0 Å². The number of halogens is 1. The molecule has 1 heterocycles. The van der Waals surface area contributed by atoms with Gasteiger partial charge >= 0.3 is 0 Å². The molecule has 4 nitrogen and oxygen atoms in total. The maximum Gasteiger partial charge on any atom is 0.124 e. The lowest BCUT2D eigenvalue weighted by Gasteiger charge is -2.39. The first-order valence-electron chi connectivity index (χ1n) is 6.08. The molecule has 0 saturated carbocycles. The lowest BCUT2D eigenvalue weighted by atomic mass is 10.1. The van der Waals surface area contributed by atoms with Gasteiger partial charge in [-0.05, 0) is 18.6 Å². The van der Waals surface area contributed by atoms with E-state index < -0.39 is 0 Å². The Bertz CT molecular complexity index is 331. The van der Waals surface area contributed by atoms with Gasteiger partial charge in [0.25, 0.3) is 0 Å². The van der Waals surface area contributed by atoms with Crippen LogP contribution < -0.4 is 10.5 Å². The van der Waals surface area contributed by atoms with Gasteiger partial charge in [0, 0.05) is 25.7 Å². The van der Waals surface area contributed by atoms with Gasteiger partial charge in [-0.2, -0.15) is 0 Å². The van der Waals surface area contributed by atoms with Crippen LogP contribution in [0.1, 0.15) is 6.42 Å². The molecule has 1 aromatic carbocycles. The van der Waals surface area contributed by atoms with E-state index in [-0.39, 0.29) is 25.1 Å². The van der Waals surface area contributed by atoms with E-state index in [1.807, 2.05) is 30.3 Å². The summed E-state index contributed by atoms with van der Waals surface area (Å²) in [6, 6.07) is 9.80. The van der Waals surface area contributed by atoms with Crippen molar-refractivity contribution in [2.75, 3.05) is 26.2 Å². The summed E-state index contributed by atoms with van der Waals surface area (Å²) >= 11 is 0. The molecule has 0 spiro atoms. The molecule has 0 aromatic heterocycles. The Morgan fingerprint density at radius 1 is 1.33 bits per heavy atom. The van der Waals surface area contributed by atoms with Crippen LogP contribution in [-0.4, -0.2) is 48.4 Å². The highest BCUT2D eigenvalue weighted by molar-refractivity contribution is 5.85. The second-order valence-electron chi connectivity index (χ2n) is 4.54. The third-order valence-corrected chi connectivity index (χ3v) is 3.02. The summed E-state index contributed by atoms with van der Waals surface area (Å²) in [5.41, 5.74) is 5.65. The Balaban J connectivity index is 0.00000162. The molecule has 1 atom stereocenters. The van der Waals surface area contributed by atoms with Gasteiger partial charge in [-0.25, -0.2) is 0 Å². The molecule has 1 aromatic rings. The fourth-order valence-electron chi connectivity index (χ4n) is 1.91. The largest absolute Gasteiger partial charge is 0.488 e. The van der Waals surface area contributed by atoms with Gasteiger partial charge in [-0.15, -0.1) is 12.4 Å². The van der Waals surface area contributed by atoms with Crippen LogP contribution >= 0.6 is 12.4 Å². The topological polar surface area (TPSA) is 58.7 Å². The van der Waals surface area contributed by atoms with E-state index in [0.29, 0.717) is 6.10 Å². The SMILES string of the molecule is Cl.N[C@H](CO)CCN1CC(Oc2ccccc2)C1. The smallest absolute Gasteiger partial charge is 0.124 e. The molecule has 1 aliphatic heterocycles. The number of benzene rings is 1. The van der Waals surface area contributed by atoms with Gasteiger partial charge in [0.05, 0.1) is 6.61 Å². The highest BCUT2D eigenvalue weighted by atomic mass is 35.5. The standard InChI is InChI=1S/C13H20N2O2.ClH/c14-11(10-16)6-7-15-8-13(9-15)17-12-4-2-1-3-5-12;/h1-5,11,13,16H,6-10,14H2;1H/t11-;/m0./s1. The molecule has 0 bridgehead atoms. The minimum Gasteiger partial charge on any atom is -0.488 e. The molecule has 18 heavy (non-hydrogen) atoms. The quantitative estimate of drug-likeness (QED) is 0.807. The zero-order valence-corrected chi connectivity index (χ0v) is 11.2. The molecule has 0 amide bonds. The Kier molecular flexibility index (Phi) is 6.43. The van der Waals surface area contributed by atoms with Crippen LogP contribution in [0, 0.1) is 0 Å². The molecule has 3 N–H and O–H groups in total. The molecular weight excluding hydrogens is 252 g/mol. The van der Waals surface area contributed by atoms with Crippen LogP contribution in [0.15, 0.2) is 30.3 Å². The Morgan fingerprint density at radius 3 is 2.61 bits per heavy atom. The van der Waals surface area contributed by atoms with Gasteiger partial charge in [0.1, 0.15) is 11.9 Å². The molecule has 1 fully saturated rings. The van der Waals surface area contributed by atoms with E-state index in [1.54, 1.807) is 0 Å². The lowest BCUT2D eigenvalue weighted by Crippen LogP contribution is -2.54. The summed E-state index contributed by atoms with van der Waals surface area (Å²) < 4.78 is 5.79. The number of hydrogen-bond acceptors (Lipinski definition) is 4. The average Bonchev–Trinajstić information content (AvgIpc) is 2.32. The number of aliphatic hydroxyl groups is 1. The zero-order chi connectivity index (χ0) is 12.1. The molecular formula is C13H21ClN2O2. The van der Waals surface area contributed by atoms with Crippen molar-refractivity contribution in [1.29, 1.82) is 0 Å². The van der Waals surface area contributed by atoms with Gasteiger partial charge < -0.3 is 15.6 Å². The van der Waals surface area contributed by atoms with Crippen LogP contribution in [0.3, 0.4) is 0 Å². The number of nitrogens with zero attached hydrogens (tertiary/aromatic N) is 1. The number of aliphatic hydroxyl groups excluding tert-OH is 1. The predicted octanol–water partition coefficient (Wildman–Crippen LogP) is 0.881. The van der Waals surface area contributed by atoms with Gasteiger partial charge in [0.2, 0.25) is 0 Å². The van der Waals surface area contributed by atoms with Crippen molar-refractivity contribution >= 4 is 12.4 Å². The third-order valence-electron chi connectivity index (χ3n) is 3.02. The fraction of sp³-hybridized carbons (Fsp3) is 0.538. The average molecular weight is 273 g/mol. The minimum absolute atomic E-state index is 0. The Morgan fingerprint density at radius 2 is 2.00 bits per heavy atom. The molecule has 0 radical (unpaired) electrons. The second-order valence-corrected chi connectivity index (χ2v) is 4.54. The van der Waals surface area contributed by atoms with Crippen LogP contribution in [0.25, 0.3) is 0 Å². The fourth-order valence-corrected chi connectivity index (χ4v) is 1.91. The zero-order valence-electron chi connectivity index (χ0n) is 10.4. The normalized spacial score (nSPS) is 17.7. The highest BCUT2D eigenvalue weighted by Gasteiger charge is 2.28. The molecule has 0 aliphatic carbocycles. The Labute approximate surface area is 114 Å². The number of rotatable bonds is 6. The summed E-state index contributed by atoms with van der Waals surface area (Å²) in [5, 5.41) is 8.82. The highest BCUT2D eigenvalue weighted by Crippen LogP contribution is 2.17. The number of ether oxygens (including phenoxy) is 1. The molecule has 102 valence electrons. The van der Waals surface area contributed by atoms with Crippen molar-refractivity contribution < 1.29 is 9.84 Å². The molecule has 2 rings (SSSR count). The number of likely N-dealkylation sites (tertiary alicyclic amines) is 1. The number of hydrogen-bond donors (Lipinski definition) is 2. The van der Waals surface area contributed by atoms with E-state index in [1.165, 1.54) is 0 Å². The van der Waals surface area contributed by atoms with Crippen LogP contribution in [-0.2, 0) is 0 Å². The first-order chi connectivity index (χ1) is 8.28. The maximum absolute atomic E-state index is 8.82. The summed E-state index contributed by atoms with van der Waals surface area (Å²) in [5.74, 6) is 0.934. The van der Waals surface area contributed by atoms with Gasteiger partial charge in [-0.3, -0.25) is 4.90 Å². The first-order valence-corrected chi connectivity index (χ1v) is 6.08. The first kappa shape index (κ1) is 15.2. The third kappa shape index (κ3) is 4.46. The van der Waals surface area contributed by atoms with Gasteiger partial charge in [-0.1, -0.05) is 18.2 Å². The van der Waals surface area contributed by atoms with Crippen molar-refractivity contribution in [3.05, 3.63) is 30.3 Å². The number of para-hydroxylation sites is 1. The van der Waals surface area contributed by atoms with Crippen molar-refractivity contribution in [1.82, 2.24) is 4.90 Å². The van der Waals surface area contributed by atoms with Crippen molar-refractivity contribution in [3.8, 4) is 5.75 Å². The second kappa shape index (κ2) is 7.59. The van der Waals surface area contributed by atoms with Crippen LogP contribution in [0.4, 0.5) is 0 Å².